The van der Waals surface area contributed by atoms with Crippen molar-refractivity contribution in [3.05, 3.63) is 29.3 Å². The SMILES string of the molecule is Cc1ccc(N2CC(C)C(C)C2)c(CNCC(C)C)c1. The molecule has 0 aliphatic carbocycles. The Morgan fingerprint density at radius 3 is 2.45 bits per heavy atom. The molecule has 0 aromatic heterocycles. The molecule has 2 nitrogen and oxygen atoms in total. The van der Waals surface area contributed by atoms with Gasteiger partial charge < -0.3 is 10.2 Å². The maximum Gasteiger partial charge on any atom is 0.0412 e. The van der Waals surface area contributed by atoms with Crippen LogP contribution in [0.2, 0.25) is 0 Å². The summed E-state index contributed by atoms with van der Waals surface area (Å²) in [6, 6.07) is 6.90. The first-order chi connectivity index (χ1) is 9.47. The van der Waals surface area contributed by atoms with Crippen LogP contribution >= 0.6 is 0 Å². The molecule has 112 valence electrons. The van der Waals surface area contributed by atoms with Crippen LogP contribution in [0.15, 0.2) is 18.2 Å². The van der Waals surface area contributed by atoms with Crippen LogP contribution in [-0.2, 0) is 6.54 Å². The fourth-order valence-electron chi connectivity index (χ4n) is 2.99. The van der Waals surface area contributed by atoms with Gasteiger partial charge in [0, 0.05) is 25.3 Å². The topological polar surface area (TPSA) is 15.3 Å². The van der Waals surface area contributed by atoms with Crippen molar-refractivity contribution in [2.75, 3.05) is 24.5 Å². The van der Waals surface area contributed by atoms with Gasteiger partial charge in [-0.2, -0.15) is 0 Å². The number of hydrogen-bond donors (Lipinski definition) is 1. The van der Waals surface area contributed by atoms with Crippen molar-refractivity contribution in [1.82, 2.24) is 5.32 Å². The normalized spacial score (nSPS) is 22.8. The summed E-state index contributed by atoms with van der Waals surface area (Å²) in [6.07, 6.45) is 0. The van der Waals surface area contributed by atoms with Gasteiger partial charge in [-0.25, -0.2) is 0 Å². The Morgan fingerprint density at radius 2 is 1.85 bits per heavy atom. The second kappa shape index (κ2) is 6.62. The van der Waals surface area contributed by atoms with E-state index in [2.05, 4.69) is 63.0 Å². The summed E-state index contributed by atoms with van der Waals surface area (Å²) in [5.74, 6) is 2.30. The Kier molecular flexibility index (Phi) is 5.09. The molecule has 2 rings (SSSR count). The van der Waals surface area contributed by atoms with Gasteiger partial charge in [0.25, 0.3) is 0 Å². The lowest BCUT2D eigenvalue weighted by atomic mass is 10.0. The lowest BCUT2D eigenvalue weighted by Gasteiger charge is -2.23. The van der Waals surface area contributed by atoms with Crippen molar-refractivity contribution in [2.45, 2.75) is 41.2 Å². The van der Waals surface area contributed by atoms with Crippen LogP contribution < -0.4 is 10.2 Å². The van der Waals surface area contributed by atoms with Gasteiger partial charge >= 0.3 is 0 Å². The van der Waals surface area contributed by atoms with E-state index in [4.69, 9.17) is 0 Å². The van der Waals surface area contributed by atoms with Crippen LogP contribution in [0.4, 0.5) is 5.69 Å². The van der Waals surface area contributed by atoms with Gasteiger partial charge in [-0.15, -0.1) is 0 Å². The number of benzene rings is 1. The predicted molar refractivity (Wildman–Crippen MR) is 88.3 cm³/mol. The van der Waals surface area contributed by atoms with E-state index in [0.29, 0.717) is 5.92 Å². The van der Waals surface area contributed by atoms with Gasteiger partial charge in [-0.05, 0) is 42.9 Å². The Morgan fingerprint density at radius 1 is 1.20 bits per heavy atom. The molecule has 2 atom stereocenters. The first kappa shape index (κ1) is 15.4. The summed E-state index contributed by atoms with van der Waals surface area (Å²) in [5.41, 5.74) is 4.24. The summed E-state index contributed by atoms with van der Waals surface area (Å²) in [7, 11) is 0. The maximum absolute atomic E-state index is 3.59. The molecule has 0 radical (unpaired) electrons. The number of anilines is 1. The minimum absolute atomic E-state index is 0.704. The second-order valence-corrected chi connectivity index (χ2v) is 7.02. The van der Waals surface area contributed by atoms with Crippen LogP contribution in [0, 0.1) is 24.7 Å². The molecule has 1 heterocycles. The molecule has 1 fully saturated rings. The molecule has 0 bridgehead atoms. The molecular formula is C18H30N2. The van der Waals surface area contributed by atoms with Crippen LogP contribution in [0.3, 0.4) is 0 Å². The van der Waals surface area contributed by atoms with Gasteiger partial charge in [0.1, 0.15) is 0 Å². The zero-order valence-corrected chi connectivity index (χ0v) is 13.7. The van der Waals surface area contributed by atoms with Crippen LogP contribution in [0.25, 0.3) is 0 Å². The minimum Gasteiger partial charge on any atom is -0.371 e. The summed E-state index contributed by atoms with van der Waals surface area (Å²) in [5, 5.41) is 3.59. The van der Waals surface area contributed by atoms with E-state index in [9.17, 15) is 0 Å². The Labute approximate surface area is 124 Å². The highest BCUT2D eigenvalue weighted by atomic mass is 15.2. The fourth-order valence-corrected chi connectivity index (χ4v) is 2.99. The van der Waals surface area contributed by atoms with E-state index in [1.165, 1.54) is 29.9 Å². The molecule has 1 aromatic carbocycles. The minimum atomic E-state index is 0.704. The van der Waals surface area contributed by atoms with Crippen molar-refractivity contribution >= 4 is 5.69 Å². The lowest BCUT2D eigenvalue weighted by molar-refractivity contribution is 0.494. The van der Waals surface area contributed by atoms with Gasteiger partial charge in [0.05, 0.1) is 0 Å². The van der Waals surface area contributed by atoms with E-state index >= 15 is 0 Å². The van der Waals surface area contributed by atoms with Gasteiger partial charge in [-0.3, -0.25) is 0 Å². The average Bonchev–Trinajstić information content (AvgIpc) is 2.69. The molecule has 20 heavy (non-hydrogen) atoms. The second-order valence-electron chi connectivity index (χ2n) is 7.02. The molecule has 1 aliphatic heterocycles. The standard InChI is InChI=1S/C18H30N2/c1-13(2)9-19-10-17-8-14(3)6-7-18(17)20-11-15(4)16(5)12-20/h6-8,13,15-16,19H,9-12H2,1-5H3. The molecule has 0 saturated carbocycles. The number of hydrogen-bond acceptors (Lipinski definition) is 2. The molecule has 1 aliphatic rings. The number of rotatable bonds is 5. The lowest BCUT2D eigenvalue weighted by Crippen LogP contribution is -2.24. The molecular weight excluding hydrogens is 244 g/mol. The summed E-state index contributed by atoms with van der Waals surface area (Å²) in [4.78, 5) is 2.57. The molecule has 1 N–H and O–H groups in total. The van der Waals surface area contributed by atoms with Crippen molar-refractivity contribution in [3.63, 3.8) is 0 Å². The smallest absolute Gasteiger partial charge is 0.0412 e. The third-order valence-electron chi connectivity index (χ3n) is 4.43. The largest absolute Gasteiger partial charge is 0.371 e. The predicted octanol–water partition coefficient (Wildman–Crippen LogP) is 3.83. The third-order valence-corrected chi connectivity index (χ3v) is 4.43. The van der Waals surface area contributed by atoms with Gasteiger partial charge in [-0.1, -0.05) is 45.4 Å². The summed E-state index contributed by atoms with van der Waals surface area (Å²) < 4.78 is 0. The molecule has 0 spiro atoms. The fraction of sp³-hybridized carbons (Fsp3) is 0.667. The van der Waals surface area contributed by atoms with Crippen LogP contribution in [-0.4, -0.2) is 19.6 Å². The van der Waals surface area contributed by atoms with Crippen LogP contribution in [0.5, 0.6) is 0 Å². The monoisotopic (exact) mass is 274 g/mol. The Bertz CT molecular complexity index is 429. The maximum atomic E-state index is 3.59. The van der Waals surface area contributed by atoms with Crippen molar-refractivity contribution in [1.29, 1.82) is 0 Å². The number of nitrogens with one attached hydrogen (secondary N) is 1. The van der Waals surface area contributed by atoms with E-state index in [1.807, 2.05) is 0 Å². The average molecular weight is 274 g/mol. The highest BCUT2D eigenvalue weighted by molar-refractivity contribution is 5.56. The third kappa shape index (κ3) is 3.76. The highest BCUT2D eigenvalue weighted by Gasteiger charge is 2.27. The van der Waals surface area contributed by atoms with Crippen molar-refractivity contribution in [2.24, 2.45) is 17.8 Å². The van der Waals surface area contributed by atoms with E-state index in [-0.39, 0.29) is 0 Å². The Hall–Kier alpha value is -1.02. The zero-order chi connectivity index (χ0) is 14.7. The highest BCUT2D eigenvalue weighted by Crippen LogP contribution is 2.30. The van der Waals surface area contributed by atoms with Gasteiger partial charge in [0.2, 0.25) is 0 Å². The molecule has 1 aromatic rings. The van der Waals surface area contributed by atoms with Gasteiger partial charge in [0.15, 0.2) is 0 Å². The van der Waals surface area contributed by atoms with Crippen molar-refractivity contribution < 1.29 is 0 Å². The van der Waals surface area contributed by atoms with Crippen molar-refractivity contribution in [3.8, 4) is 0 Å². The quantitative estimate of drug-likeness (QED) is 0.878. The Balaban J connectivity index is 2.11. The zero-order valence-electron chi connectivity index (χ0n) is 13.7. The first-order valence-corrected chi connectivity index (χ1v) is 8.02. The molecule has 0 amide bonds. The first-order valence-electron chi connectivity index (χ1n) is 8.02. The number of aryl methyl sites for hydroxylation is 1. The molecule has 2 unspecified atom stereocenters. The molecule has 2 heteroatoms. The van der Waals surface area contributed by atoms with E-state index in [1.54, 1.807) is 0 Å². The summed E-state index contributed by atoms with van der Waals surface area (Å²) in [6.45, 7) is 15.9. The van der Waals surface area contributed by atoms with E-state index < -0.39 is 0 Å². The summed E-state index contributed by atoms with van der Waals surface area (Å²) >= 11 is 0. The van der Waals surface area contributed by atoms with E-state index in [0.717, 1.165) is 24.9 Å². The van der Waals surface area contributed by atoms with Crippen LogP contribution in [0.1, 0.15) is 38.8 Å². The number of nitrogens with zero attached hydrogens (tertiary/aromatic N) is 1. The molecule has 1 saturated heterocycles.